The number of hydrogen-bond acceptors (Lipinski definition) is 7. The zero-order valence-electron chi connectivity index (χ0n) is 22.6. The van der Waals surface area contributed by atoms with Gasteiger partial charge in [-0.25, -0.2) is 9.48 Å². The van der Waals surface area contributed by atoms with Crippen LogP contribution in [-0.2, 0) is 17.5 Å². The number of amides is 2. The van der Waals surface area contributed by atoms with Gasteiger partial charge in [0.05, 0.1) is 5.69 Å². The van der Waals surface area contributed by atoms with Crippen molar-refractivity contribution in [2.75, 3.05) is 5.32 Å². The highest BCUT2D eigenvalue weighted by molar-refractivity contribution is 5.85. The van der Waals surface area contributed by atoms with Crippen LogP contribution < -0.4 is 10.6 Å². The number of carboxylic acid groups (broad SMARTS) is 1. The standard InChI is InChI=1S/C27H28F3N7O4/c1-16(36(25(39)40)26(2,3)4)22(38)31-15-17-9-8-12-19(13-17)37-20(14-21(35-37)27(28,29)30)23-33-34-24(41-23)32-18-10-6-5-7-11-18/h5-14,16H,15H2,1-4H3,(H,31,38)(H,32,34)(H,39,40). The van der Waals surface area contributed by atoms with Crippen molar-refractivity contribution in [2.24, 2.45) is 0 Å². The largest absolute Gasteiger partial charge is 0.465 e. The van der Waals surface area contributed by atoms with Gasteiger partial charge in [-0.15, -0.1) is 5.10 Å². The zero-order valence-corrected chi connectivity index (χ0v) is 22.6. The minimum atomic E-state index is -4.74. The van der Waals surface area contributed by atoms with Gasteiger partial charge in [-0.2, -0.15) is 18.3 Å². The summed E-state index contributed by atoms with van der Waals surface area (Å²) in [5.41, 5.74) is -0.652. The molecular formula is C27H28F3N7O4. The van der Waals surface area contributed by atoms with E-state index in [1.165, 1.54) is 13.0 Å². The van der Waals surface area contributed by atoms with E-state index < -0.39 is 35.5 Å². The van der Waals surface area contributed by atoms with Crippen LogP contribution in [0.5, 0.6) is 0 Å². The number of alkyl halides is 3. The highest BCUT2D eigenvalue weighted by Crippen LogP contribution is 2.33. The molecule has 4 aromatic rings. The predicted molar refractivity (Wildman–Crippen MR) is 143 cm³/mol. The summed E-state index contributed by atoms with van der Waals surface area (Å²) in [5, 5.41) is 26.7. The van der Waals surface area contributed by atoms with Gasteiger partial charge >= 0.3 is 18.3 Å². The van der Waals surface area contributed by atoms with E-state index in [0.29, 0.717) is 11.3 Å². The number of anilines is 2. The molecule has 1 unspecified atom stereocenters. The van der Waals surface area contributed by atoms with Crippen molar-refractivity contribution in [3.8, 4) is 17.3 Å². The second-order valence-electron chi connectivity index (χ2n) is 10.1. The molecule has 14 heteroatoms. The Kier molecular flexibility index (Phi) is 8.03. The Morgan fingerprint density at radius 3 is 2.39 bits per heavy atom. The molecule has 2 aromatic heterocycles. The molecule has 2 aromatic carbocycles. The van der Waals surface area contributed by atoms with E-state index in [2.05, 4.69) is 25.9 Å². The minimum Gasteiger partial charge on any atom is -0.465 e. The van der Waals surface area contributed by atoms with E-state index in [4.69, 9.17) is 4.42 Å². The second-order valence-corrected chi connectivity index (χ2v) is 10.1. The van der Waals surface area contributed by atoms with Crippen molar-refractivity contribution < 1.29 is 32.3 Å². The van der Waals surface area contributed by atoms with Gasteiger partial charge in [-0.05, 0) is 57.5 Å². The maximum absolute atomic E-state index is 13.6. The van der Waals surface area contributed by atoms with Gasteiger partial charge in [-0.3, -0.25) is 9.69 Å². The third-order valence-corrected chi connectivity index (χ3v) is 5.99. The van der Waals surface area contributed by atoms with Crippen molar-refractivity contribution in [3.63, 3.8) is 0 Å². The first-order valence-corrected chi connectivity index (χ1v) is 12.5. The summed E-state index contributed by atoms with van der Waals surface area (Å²) in [4.78, 5) is 25.5. The van der Waals surface area contributed by atoms with Crippen molar-refractivity contribution >= 4 is 23.7 Å². The fourth-order valence-electron chi connectivity index (χ4n) is 4.18. The second kappa shape index (κ2) is 11.3. The number of nitrogens with one attached hydrogen (secondary N) is 2. The molecule has 2 heterocycles. The molecule has 0 saturated heterocycles. The van der Waals surface area contributed by atoms with Gasteiger partial charge in [0, 0.05) is 23.8 Å². The Balaban J connectivity index is 1.59. The molecule has 0 aliphatic heterocycles. The normalized spacial score (nSPS) is 12.6. The molecule has 0 fully saturated rings. The monoisotopic (exact) mass is 571 g/mol. The van der Waals surface area contributed by atoms with Gasteiger partial charge in [0.15, 0.2) is 5.69 Å². The van der Waals surface area contributed by atoms with Gasteiger partial charge in [0.25, 0.3) is 5.89 Å². The van der Waals surface area contributed by atoms with Crippen LogP contribution in [0.1, 0.15) is 39.0 Å². The van der Waals surface area contributed by atoms with Gasteiger partial charge in [0.2, 0.25) is 5.91 Å². The third-order valence-electron chi connectivity index (χ3n) is 5.99. The van der Waals surface area contributed by atoms with Crippen molar-refractivity contribution in [3.05, 3.63) is 71.9 Å². The lowest BCUT2D eigenvalue weighted by atomic mass is 10.0. The van der Waals surface area contributed by atoms with Crippen molar-refractivity contribution in [2.45, 2.75) is 52.0 Å². The first kappa shape index (κ1) is 29.1. The van der Waals surface area contributed by atoms with E-state index in [9.17, 15) is 27.9 Å². The Morgan fingerprint density at radius 2 is 1.76 bits per heavy atom. The Hall–Kier alpha value is -4.88. The number of carbonyl (C=O) groups excluding carboxylic acids is 1. The summed E-state index contributed by atoms with van der Waals surface area (Å²) in [6.45, 7) is 6.49. The van der Waals surface area contributed by atoms with Crippen LogP contribution >= 0.6 is 0 Å². The van der Waals surface area contributed by atoms with Gasteiger partial charge in [0.1, 0.15) is 11.7 Å². The molecule has 1 atom stereocenters. The minimum absolute atomic E-state index is 0.0109. The summed E-state index contributed by atoms with van der Waals surface area (Å²) >= 11 is 0. The maximum Gasteiger partial charge on any atom is 0.435 e. The maximum atomic E-state index is 13.6. The SMILES string of the molecule is CC(C(=O)NCc1cccc(-n2nc(C(F)(F)F)cc2-c2nnc(Nc3ccccc3)o2)c1)N(C(=O)O)C(C)(C)C. The summed E-state index contributed by atoms with van der Waals surface area (Å²) in [6, 6.07) is 15.0. The summed E-state index contributed by atoms with van der Waals surface area (Å²) in [7, 11) is 0. The van der Waals surface area contributed by atoms with Crippen LogP contribution in [0.4, 0.5) is 29.7 Å². The Labute approximate surface area is 233 Å². The first-order chi connectivity index (χ1) is 19.2. The smallest absolute Gasteiger partial charge is 0.435 e. The molecule has 41 heavy (non-hydrogen) atoms. The van der Waals surface area contributed by atoms with Gasteiger partial charge in [-0.1, -0.05) is 35.4 Å². The molecule has 11 nitrogen and oxygen atoms in total. The van der Waals surface area contributed by atoms with E-state index in [0.717, 1.165) is 15.6 Å². The number of nitrogens with zero attached hydrogens (tertiary/aromatic N) is 5. The number of hydrogen-bond donors (Lipinski definition) is 3. The predicted octanol–water partition coefficient (Wildman–Crippen LogP) is 5.47. The van der Waals surface area contributed by atoms with E-state index >= 15 is 0 Å². The molecule has 0 aliphatic carbocycles. The molecule has 0 radical (unpaired) electrons. The van der Waals surface area contributed by atoms with Crippen molar-refractivity contribution in [1.82, 2.24) is 30.2 Å². The Bertz CT molecular complexity index is 1530. The number of carbonyl (C=O) groups is 2. The number of para-hydroxylation sites is 1. The molecule has 0 bridgehead atoms. The van der Waals surface area contributed by atoms with Crippen LogP contribution in [0.2, 0.25) is 0 Å². The number of rotatable bonds is 8. The van der Waals surface area contributed by atoms with E-state index in [1.807, 2.05) is 6.07 Å². The lowest BCUT2D eigenvalue weighted by Gasteiger charge is -2.37. The van der Waals surface area contributed by atoms with Crippen molar-refractivity contribution in [1.29, 1.82) is 0 Å². The fraction of sp³-hybridized carbons (Fsp3) is 0.296. The quantitative estimate of drug-likeness (QED) is 0.253. The van der Waals surface area contributed by atoms with Crippen LogP contribution in [0.3, 0.4) is 0 Å². The molecular weight excluding hydrogens is 543 g/mol. The zero-order chi connectivity index (χ0) is 29.9. The number of halogens is 3. The average Bonchev–Trinajstić information content (AvgIpc) is 3.54. The molecule has 4 rings (SSSR count). The molecule has 3 N–H and O–H groups in total. The van der Waals surface area contributed by atoms with Crippen LogP contribution in [0.25, 0.3) is 17.3 Å². The van der Waals surface area contributed by atoms with Crippen LogP contribution in [-0.4, -0.2) is 53.6 Å². The average molecular weight is 572 g/mol. The Morgan fingerprint density at radius 1 is 1.05 bits per heavy atom. The van der Waals surface area contributed by atoms with Gasteiger partial charge < -0.3 is 20.2 Å². The molecule has 0 aliphatic rings. The summed E-state index contributed by atoms with van der Waals surface area (Å²) in [6.07, 6.45) is -5.98. The van der Waals surface area contributed by atoms with E-state index in [-0.39, 0.29) is 29.8 Å². The highest BCUT2D eigenvalue weighted by atomic mass is 19.4. The fourth-order valence-corrected chi connectivity index (χ4v) is 4.18. The molecule has 216 valence electrons. The molecule has 2 amide bonds. The van der Waals surface area contributed by atoms with Crippen LogP contribution in [0, 0.1) is 0 Å². The van der Waals surface area contributed by atoms with Crippen LogP contribution in [0.15, 0.2) is 65.1 Å². The molecule has 0 spiro atoms. The summed E-state index contributed by atoms with van der Waals surface area (Å²) < 4.78 is 47.5. The topological polar surface area (TPSA) is 138 Å². The summed E-state index contributed by atoms with van der Waals surface area (Å²) in [5.74, 6) is -0.730. The highest BCUT2D eigenvalue weighted by Gasteiger charge is 2.36. The first-order valence-electron chi connectivity index (χ1n) is 12.5. The number of aromatic nitrogens is 4. The number of benzene rings is 2. The lowest BCUT2D eigenvalue weighted by molar-refractivity contribution is -0.141. The lowest BCUT2D eigenvalue weighted by Crippen LogP contribution is -2.55. The molecule has 0 saturated carbocycles. The van der Waals surface area contributed by atoms with E-state index in [1.54, 1.807) is 63.2 Å². The third kappa shape index (κ3) is 6.83.